The Morgan fingerprint density at radius 1 is 1.24 bits per heavy atom. The van der Waals surface area contributed by atoms with Crippen LogP contribution in [0.25, 0.3) is 6.08 Å². The van der Waals surface area contributed by atoms with E-state index >= 15 is 0 Å². The van der Waals surface area contributed by atoms with Crippen LogP contribution in [-0.2, 0) is 4.79 Å². The lowest BCUT2D eigenvalue weighted by molar-refractivity contribution is -0.125. The molecule has 0 spiro atoms. The van der Waals surface area contributed by atoms with Gasteiger partial charge in [0.15, 0.2) is 0 Å². The number of hydrogen-bond acceptors (Lipinski definition) is 2. The molecule has 1 aliphatic rings. The van der Waals surface area contributed by atoms with Gasteiger partial charge in [0.2, 0.25) is 5.91 Å². The van der Waals surface area contributed by atoms with Crippen molar-refractivity contribution in [3.63, 3.8) is 0 Å². The molecule has 3 heteroatoms. The van der Waals surface area contributed by atoms with Gasteiger partial charge >= 0.3 is 0 Å². The van der Waals surface area contributed by atoms with Gasteiger partial charge in [0, 0.05) is 24.9 Å². The predicted molar refractivity (Wildman–Crippen MR) is 88.6 cm³/mol. The van der Waals surface area contributed by atoms with E-state index in [9.17, 15) is 4.79 Å². The highest BCUT2D eigenvalue weighted by Crippen LogP contribution is 2.24. The summed E-state index contributed by atoms with van der Waals surface area (Å²) in [5, 5.41) is 0. The molecule has 1 saturated heterocycles. The van der Waals surface area contributed by atoms with Crippen LogP contribution in [0.5, 0.6) is 0 Å². The molecule has 1 amide bonds. The maximum absolute atomic E-state index is 12.3. The van der Waals surface area contributed by atoms with Gasteiger partial charge in [-0.2, -0.15) is 0 Å². The molecular formula is C18H26N2O. The van der Waals surface area contributed by atoms with Crippen molar-refractivity contribution in [3.8, 4) is 0 Å². The van der Waals surface area contributed by atoms with Crippen LogP contribution in [0, 0.1) is 11.8 Å². The molecule has 21 heavy (non-hydrogen) atoms. The molecule has 1 heterocycles. The number of amides is 1. The quantitative estimate of drug-likeness (QED) is 0.682. The van der Waals surface area contributed by atoms with Gasteiger partial charge < -0.3 is 10.6 Å². The monoisotopic (exact) mass is 286 g/mol. The van der Waals surface area contributed by atoms with Gasteiger partial charge in [0.05, 0.1) is 0 Å². The number of nitrogen functional groups attached to an aromatic ring is 1. The zero-order chi connectivity index (χ0) is 15.2. The van der Waals surface area contributed by atoms with E-state index in [0.29, 0.717) is 5.92 Å². The number of nitrogens with zero attached hydrogens (tertiary/aromatic N) is 1. The van der Waals surface area contributed by atoms with Gasteiger partial charge in [-0.05, 0) is 54.9 Å². The number of carbonyl (C=O) groups excluding carboxylic acids is 1. The first-order valence-corrected chi connectivity index (χ1v) is 7.89. The van der Waals surface area contributed by atoms with Crippen molar-refractivity contribution < 1.29 is 4.79 Å². The molecule has 0 aliphatic carbocycles. The predicted octanol–water partition coefficient (Wildman–Crippen LogP) is 3.57. The van der Waals surface area contributed by atoms with Crippen molar-refractivity contribution in [2.24, 2.45) is 11.8 Å². The summed E-state index contributed by atoms with van der Waals surface area (Å²) >= 11 is 0. The SMILES string of the molecule is CC(C)C1CCCN(C(=O)/C=C/c2ccc(N)cc2)CC1. The Bertz CT molecular complexity index is 490. The zero-order valence-electron chi connectivity index (χ0n) is 13.1. The molecule has 1 aromatic rings. The van der Waals surface area contributed by atoms with Gasteiger partial charge in [-0.3, -0.25) is 4.79 Å². The van der Waals surface area contributed by atoms with Crippen LogP contribution >= 0.6 is 0 Å². The minimum Gasteiger partial charge on any atom is -0.399 e. The normalized spacial score (nSPS) is 20.0. The highest BCUT2D eigenvalue weighted by Gasteiger charge is 2.21. The summed E-state index contributed by atoms with van der Waals surface area (Å²) in [7, 11) is 0. The van der Waals surface area contributed by atoms with Crippen LogP contribution in [0.3, 0.4) is 0 Å². The second kappa shape index (κ2) is 7.30. The van der Waals surface area contributed by atoms with Gasteiger partial charge in [-0.15, -0.1) is 0 Å². The highest BCUT2D eigenvalue weighted by atomic mass is 16.2. The van der Waals surface area contributed by atoms with Crippen molar-refractivity contribution in [1.29, 1.82) is 0 Å². The van der Waals surface area contributed by atoms with E-state index in [-0.39, 0.29) is 5.91 Å². The van der Waals surface area contributed by atoms with Crippen molar-refractivity contribution in [3.05, 3.63) is 35.9 Å². The number of anilines is 1. The number of carbonyl (C=O) groups is 1. The summed E-state index contributed by atoms with van der Waals surface area (Å²) in [4.78, 5) is 14.3. The Morgan fingerprint density at radius 2 is 1.95 bits per heavy atom. The molecule has 1 fully saturated rings. The van der Waals surface area contributed by atoms with E-state index < -0.39 is 0 Å². The third-order valence-electron chi connectivity index (χ3n) is 4.38. The highest BCUT2D eigenvalue weighted by molar-refractivity contribution is 5.91. The van der Waals surface area contributed by atoms with Gasteiger partial charge in [-0.25, -0.2) is 0 Å². The Balaban J connectivity index is 1.92. The van der Waals surface area contributed by atoms with Crippen LogP contribution in [0.1, 0.15) is 38.7 Å². The number of nitrogens with two attached hydrogens (primary N) is 1. The molecule has 1 aromatic carbocycles. The average Bonchev–Trinajstić information content (AvgIpc) is 2.72. The van der Waals surface area contributed by atoms with Gasteiger partial charge in [0.1, 0.15) is 0 Å². The molecule has 2 rings (SSSR count). The third-order valence-corrected chi connectivity index (χ3v) is 4.38. The molecule has 0 bridgehead atoms. The summed E-state index contributed by atoms with van der Waals surface area (Å²) in [6.45, 7) is 6.33. The fourth-order valence-electron chi connectivity index (χ4n) is 2.89. The second-order valence-electron chi connectivity index (χ2n) is 6.26. The molecule has 1 aliphatic heterocycles. The molecule has 0 radical (unpaired) electrons. The Kier molecular flexibility index (Phi) is 5.43. The summed E-state index contributed by atoms with van der Waals surface area (Å²) in [6, 6.07) is 7.55. The van der Waals surface area contributed by atoms with E-state index in [1.165, 1.54) is 6.42 Å². The summed E-state index contributed by atoms with van der Waals surface area (Å²) in [5.74, 6) is 1.59. The summed E-state index contributed by atoms with van der Waals surface area (Å²) < 4.78 is 0. The maximum atomic E-state index is 12.3. The molecule has 1 atom stereocenters. The summed E-state index contributed by atoms with van der Waals surface area (Å²) in [5.41, 5.74) is 7.40. The number of likely N-dealkylation sites (tertiary alicyclic amines) is 1. The number of hydrogen-bond donors (Lipinski definition) is 1. The van der Waals surface area contributed by atoms with Crippen LogP contribution in [0.15, 0.2) is 30.3 Å². The van der Waals surface area contributed by atoms with Crippen LogP contribution in [0.4, 0.5) is 5.69 Å². The smallest absolute Gasteiger partial charge is 0.246 e. The Morgan fingerprint density at radius 3 is 2.62 bits per heavy atom. The number of benzene rings is 1. The number of rotatable bonds is 3. The average molecular weight is 286 g/mol. The second-order valence-corrected chi connectivity index (χ2v) is 6.26. The first kappa shape index (κ1) is 15.6. The molecule has 0 aromatic heterocycles. The van der Waals surface area contributed by atoms with Gasteiger partial charge in [-0.1, -0.05) is 26.0 Å². The van der Waals surface area contributed by atoms with E-state index in [1.54, 1.807) is 6.08 Å². The topological polar surface area (TPSA) is 46.3 Å². The fourth-order valence-corrected chi connectivity index (χ4v) is 2.89. The van der Waals surface area contributed by atoms with Gasteiger partial charge in [0.25, 0.3) is 0 Å². The Labute approximate surface area is 127 Å². The molecule has 1 unspecified atom stereocenters. The van der Waals surface area contributed by atoms with E-state index in [0.717, 1.165) is 43.1 Å². The zero-order valence-corrected chi connectivity index (χ0v) is 13.1. The van der Waals surface area contributed by atoms with E-state index in [1.807, 2.05) is 35.2 Å². The van der Waals surface area contributed by atoms with Crippen molar-refractivity contribution in [2.75, 3.05) is 18.8 Å². The minimum absolute atomic E-state index is 0.122. The van der Waals surface area contributed by atoms with Crippen LogP contribution in [0.2, 0.25) is 0 Å². The standard InChI is InChI=1S/C18H26N2O/c1-14(2)16-4-3-12-20(13-11-16)18(21)10-7-15-5-8-17(19)9-6-15/h5-10,14,16H,3-4,11-13,19H2,1-2H3/b10-7+. The minimum atomic E-state index is 0.122. The molecular weight excluding hydrogens is 260 g/mol. The lowest BCUT2D eigenvalue weighted by Crippen LogP contribution is -2.30. The maximum Gasteiger partial charge on any atom is 0.246 e. The molecule has 2 N–H and O–H groups in total. The van der Waals surface area contributed by atoms with Crippen molar-refractivity contribution in [1.82, 2.24) is 4.90 Å². The first-order chi connectivity index (χ1) is 10.1. The van der Waals surface area contributed by atoms with Crippen molar-refractivity contribution >= 4 is 17.7 Å². The van der Waals surface area contributed by atoms with Crippen LogP contribution < -0.4 is 5.73 Å². The third kappa shape index (κ3) is 4.62. The lowest BCUT2D eigenvalue weighted by Gasteiger charge is -2.20. The van der Waals surface area contributed by atoms with E-state index in [4.69, 9.17) is 5.73 Å². The molecule has 3 nitrogen and oxygen atoms in total. The lowest BCUT2D eigenvalue weighted by atomic mass is 9.89. The van der Waals surface area contributed by atoms with E-state index in [2.05, 4.69) is 13.8 Å². The Hall–Kier alpha value is -1.77. The summed E-state index contributed by atoms with van der Waals surface area (Å²) in [6.07, 6.45) is 7.03. The first-order valence-electron chi connectivity index (χ1n) is 7.89. The molecule has 0 saturated carbocycles. The largest absolute Gasteiger partial charge is 0.399 e. The van der Waals surface area contributed by atoms with Crippen LogP contribution in [-0.4, -0.2) is 23.9 Å². The fraction of sp³-hybridized carbons (Fsp3) is 0.500. The van der Waals surface area contributed by atoms with Crippen molar-refractivity contribution in [2.45, 2.75) is 33.1 Å². The molecule has 114 valence electrons.